The Bertz CT molecular complexity index is 324. The summed E-state index contributed by atoms with van der Waals surface area (Å²) in [6.07, 6.45) is 8.36. The Morgan fingerprint density at radius 2 is 2.62 bits per heavy atom. The number of ether oxygens (including phenoxy) is 1. The van der Waals surface area contributed by atoms with Gasteiger partial charge in [-0.2, -0.15) is 0 Å². The van der Waals surface area contributed by atoms with Gasteiger partial charge in [0.25, 0.3) is 0 Å². The second-order valence-corrected chi connectivity index (χ2v) is 5.06. The molecule has 0 saturated heterocycles. The van der Waals surface area contributed by atoms with Crippen LogP contribution in [-0.4, -0.2) is 24.2 Å². The van der Waals surface area contributed by atoms with Crippen LogP contribution in [0.1, 0.15) is 30.7 Å². The number of hydrogen-bond acceptors (Lipinski definition) is 4. The van der Waals surface area contributed by atoms with Gasteiger partial charge in [-0.05, 0) is 18.9 Å². The van der Waals surface area contributed by atoms with E-state index in [9.17, 15) is 0 Å². The number of aromatic nitrogens is 1. The monoisotopic (exact) mass is 238 g/mol. The molecule has 2 unspecified atom stereocenters. The zero-order valence-corrected chi connectivity index (χ0v) is 10.4. The lowest BCUT2D eigenvalue weighted by Crippen LogP contribution is -2.31. The van der Waals surface area contributed by atoms with Gasteiger partial charge in [-0.1, -0.05) is 6.92 Å². The zero-order chi connectivity index (χ0) is 11.2. The quantitative estimate of drug-likeness (QED) is 0.856. The molecule has 0 bridgehead atoms. The van der Waals surface area contributed by atoms with E-state index in [1.807, 2.05) is 17.8 Å². The lowest BCUT2D eigenvalue weighted by Gasteiger charge is -2.20. The van der Waals surface area contributed by atoms with Crippen molar-refractivity contribution >= 4 is 11.3 Å². The molecule has 2 atom stereocenters. The molecule has 0 fully saturated rings. The molecular weight excluding hydrogens is 220 g/mol. The third-order valence-electron chi connectivity index (χ3n) is 2.72. The summed E-state index contributed by atoms with van der Waals surface area (Å²) in [5, 5.41) is 6.69. The van der Waals surface area contributed by atoms with Crippen molar-refractivity contribution in [1.82, 2.24) is 10.3 Å². The van der Waals surface area contributed by atoms with Crippen LogP contribution < -0.4 is 5.32 Å². The highest BCUT2D eigenvalue weighted by Crippen LogP contribution is 2.16. The van der Waals surface area contributed by atoms with Crippen LogP contribution in [0.2, 0.25) is 0 Å². The van der Waals surface area contributed by atoms with Gasteiger partial charge in [0, 0.05) is 30.6 Å². The molecule has 2 rings (SSSR count). The number of rotatable bonds is 5. The molecule has 4 heteroatoms. The summed E-state index contributed by atoms with van der Waals surface area (Å²) in [4.78, 5) is 4.32. The topological polar surface area (TPSA) is 34.1 Å². The van der Waals surface area contributed by atoms with Crippen molar-refractivity contribution in [2.45, 2.75) is 31.8 Å². The third kappa shape index (κ3) is 3.32. The van der Waals surface area contributed by atoms with Crippen molar-refractivity contribution in [2.75, 3.05) is 13.1 Å². The van der Waals surface area contributed by atoms with E-state index >= 15 is 0 Å². The Labute approximate surface area is 101 Å². The molecule has 2 heterocycles. The summed E-state index contributed by atoms with van der Waals surface area (Å²) in [6, 6.07) is 0. The van der Waals surface area contributed by atoms with Crippen LogP contribution in [-0.2, 0) is 4.74 Å². The largest absolute Gasteiger partial charge is 0.497 e. The molecule has 88 valence electrons. The molecule has 1 N–H and O–H groups in total. The summed E-state index contributed by atoms with van der Waals surface area (Å²) in [6.45, 7) is 4.10. The van der Waals surface area contributed by atoms with Crippen LogP contribution in [0.15, 0.2) is 23.9 Å². The summed E-state index contributed by atoms with van der Waals surface area (Å²) in [5.41, 5.74) is 0. The molecule has 1 aromatic rings. The fraction of sp³-hybridized carbons (Fsp3) is 0.583. The van der Waals surface area contributed by atoms with Crippen LogP contribution in [0.5, 0.6) is 0 Å². The SMILES string of the molecule is CC(CNCC1CCC=CO1)c1nccs1. The minimum atomic E-state index is 0.341. The standard InChI is InChI=1S/C12H18N2OS/c1-10(12-14-5-7-16-12)8-13-9-11-4-2-3-6-15-11/h3,5-7,10-11,13H,2,4,8-9H2,1H3. The van der Waals surface area contributed by atoms with Gasteiger partial charge in [-0.3, -0.25) is 0 Å². The van der Waals surface area contributed by atoms with Crippen LogP contribution in [0.4, 0.5) is 0 Å². The highest BCUT2D eigenvalue weighted by molar-refractivity contribution is 7.09. The van der Waals surface area contributed by atoms with Crippen LogP contribution >= 0.6 is 11.3 Å². The van der Waals surface area contributed by atoms with E-state index < -0.39 is 0 Å². The second-order valence-electron chi connectivity index (χ2n) is 4.14. The molecule has 1 aliphatic rings. The first-order valence-corrected chi connectivity index (χ1v) is 6.65. The number of nitrogens with zero attached hydrogens (tertiary/aromatic N) is 1. The summed E-state index contributed by atoms with van der Waals surface area (Å²) in [7, 11) is 0. The Morgan fingerprint density at radius 1 is 1.69 bits per heavy atom. The second kappa shape index (κ2) is 6.01. The van der Waals surface area contributed by atoms with Crippen LogP contribution in [0.25, 0.3) is 0 Å². The van der Waals surface area contributed by atoms with E-state index in [1.54, 1.807) is 11.3 Å². The van der Waals surface area contributed by atoms with Crippen molar-refractivity contribution in [3.8, 4) is 0 Å². The molecule has 3 nitrogen and oxygen atoms in total. The van der Waals surface area contributed by atoms with E-state index in [-0.39, 0.29) is 0 Å². The van der Waals surface area contributed by atoms with Gasteiger partial charge in [0.05, 0.1) is 11.3 Å². The maximum Gasteiger partial charge on any atom is 0.110 e. The van der Waals surface area contributed by atoms with Crippen LogP contribution in [0, 0.1) is 0 Å². The molecule has 0 aliphatic carbocycles. The highest BCUT2D eigenvalue weighted by atomic mass is 32.1. The lowest BCUT2D eigenvalue weighted by atomic mass is 10.1. The first kappa shape index (κ1) is 11.6. The number of hydrogen-bond donors (Lipinski definition) is 1. The Kier molecular flexibility index (Phi) is 4.36. The number of allylic oxidation sites excluding steroid dienone is 1. The van der Waals surface area contributed by atoms with Gasteiger partial charge < -0.3 is 10.1 Å². The van der Waals surface area contributed by atoms with Crippen LogP contribution in [0.3, 0.4) is 0 Å². The zero-order valence-electron chi connectivity index (χ0n) is 9.56. The molecule has 0 saturated carbocycles. The van der Waals surface area contributed by atoms with Gasteiger partial charge in [0.15, 0.2) is 0 Å². The van der Waals surface area contributed by atoms with Gasteiger partial charge in [0.1, 0.15) is 6.10 Å². The minimum absolute atomic E-state index is 0.341. The first-order chi connectivity index (χ1) is 7.86. The smallest absolute Gasteiger partial charge is 0.110 e. The van der Waals surface area contributed by atoms with E-state index in [0.29, 0.717) is 12.0 Å². The first-order valence-electron chi connectivity index (χ1n) is 5.77. The van der Waals surface area contributed by atoms with Crippen molar-refractivity contribution in [1.29, 1.82) is 0 Å². The Balaban J connectivity index is 1.66. The summed E-state index contributed by atoms with van der Waals surface area (Å²) < 4.78 is 5.49. The van der Waals surface area contributed by atoms with Gasteiger partial charge in [-0.25, -0.2) is 4.98 Å². The fourth-order valence-corrected chi connectivity index (χ4v) is 2.46. The van der Waals surface area contributed by atoms with Crippen molar-refractivity contribution < 1.29 is 4.74 Å². The lowest BCUT2D eigenvalue weighted by molar-refractivity contribution is 0.122. The van der Waals surface area contributed by atoms with E-state index in [2.05, 4.69) is 23.3 Å². The fourth-order valence-electron chi connectivity index (χ4n) is 1.76. The predicted octanol–water partition coefficient (Wildman–Crippen LogP) is 2.53. The van der Waals surface area contributed by atoms with E-state index in [0.717, 1.165) is 25.9 Å². The van der Waals surface area contributed by atoms with E-state index in [4.69, 9.17) is 4.74 Å². The molecule has 1 aromatic heterocycles. The average molecular weight is 238 g/mol. The third-order valence-corrected chi connectivity index (χ3v) is 3.73. The molecule has 0 amide bonds. The summed E-state index contributed by atoms with van der Waals surface area (Å²) >= 11 is 1.72. The normalized spacial score (nSPS) is 21.7. The maximum absolute atomic E-state index is 5.49. The molecule has 16 heavy (non-hydrogen) atoms. The average Bonchev–Trinajstić information content (AvgIpc) is 2.84. The van der Waals surface area contributed by atoms with E-state index in [1.165, 1.54) is 5.01 Å². The molecular formula is C12H18N2OS. The Morgan fingerprint density at radius 3 is 3.31 bits per heavy atom. The minimum Gasteiger partial charge on any atom is -0.497 e. The molecule has 1 aliphatic heterocycles. The highest BCUT2D eigenvalue weighted by Gasteiger charge is 2.12. The predicted molar refractivity (Wildman–Crippen MR) is 66.6 cm³/mol. The number of nitrogens with one attached hydrogen (secondary N) is 1. The summed E-state index contributed by atoms with van der Waals surface area (Å²) in [5.74, 6) is 0.485. The van der Waals surface area contributed by atoms with Crippen molar-refractivity contribution in [3.63, 3.8) is 0 Å². The molecule has 0 radical (unpaired) electrons. The molecule has 0 spiro atoms. The van der Waals surface area contributed by atoms with Gasteiger partial charge in [0.2, 0.25) is 0 Å². The van der Waals surface area contributed by atoms with Crippen molar-refractivity contribution in [2.24, 2.45) is 0 Å². The maximum atomic E-state index is 5.49. The van der Waals surface area contributed by atoms with Gasteiger partial charge >= 0.3 is 0 Å². The molecule has 0 aromatic carbocycles. The number of thiazole rings is 1. The van der Waals surface area contributed by atoms with Gasteiger partial charge in [-0.15, -0.1) is 11.3 Å². The van der Waals surface area contributed by atoms with Crippen molar-refractivity contribution in [3.05, 3.63) is 28.9 Å². The Hall–Kier alpha value is -0.870.